The van der Waals surface area contributed by atoms with Gasteiger partial charge in [0.2, 0.25) is 5.43 Å². The zero-order chi connectivity index (χ0) is 12.3. The monoisotopic (exact) mass is 316 g/mol. The van der Waals surface area contributed by atoms with Crippen LogP contribution in [0.4, 0.5) is 18.9 Å². The molecule has 0 aliphatic rings. The van der Waals surface area contributed by atoms with Crippen LogP contribution in [0, 0.1) is 0 Å². The first kappa shape index (κ1) is 13.4. The van der Waals surface area contributed by atoms with Gasteiger partial charge in [-0.05, 0) is 27.7 Å². The summed E-state index contributed by atoms with van der Waals surface area (Å²) >= 11 is 2.88. The van der Waals surface area contributed by atoms with E-state index in [2.05, 4.69) is 15.9 Å². The van der Waals surface area contributed by atoms with Crippen LogP contribution >= 0.6 is 27.7 Å². The molecule has 0 saturated carbocycles. The number of nitrogens with zero attached hydrogens (tertiary/aromatic N) is 1. The molecule has 0 atom stereocenters. The van der Waals surface area contributed by atoms with E-state index in [4.69, 9.17) is 5.73 Å². The van der Waals surface area contributed by atoms with Gasteiger partial charge in [-0.25, -0.2) is 0 Å². The van der Waals surface area contributed by atoms with E-state index < -0.39 is 5.51 Å². The maximum Gasteiger partial charge on any atom is 0.441 e. The number of thioether (sulfide) groups is 1. The lowest BCUT2D eigenvalue weighted by Crippen LogP contribution is -2.14. The van der Waals surface area contributed by atoms with Crippen molar-refractivity contribution in [1.82, 2.24) is 4.57 Å². The standard InChI is InChI=1S/C8H8BrF3N2OS/c9-5-3-14(4-6(13)7(5)15)1-2-16-8(10,11)12/h3-4H,1-2,13H2. The molecule has 8 heteroatoms. The Morgan fingerprint density at radius 3 is 2.56 bits per heavy atom. The summed E-state index contributed by atoms with van der Waals surface area (Å²) < 4.78 is 37.2. The number of rotatable bonds is 3. The van der Waals surface area contributed by atoms with Gasteiger partial charge in [0.25, 0.3) is 0 Å². The largest absolute Gasteiger partial charge is 0.441 e. The van der Waals surface area contributed by atoms with Crippen LogP contribution in [0.3, 0.4) is 0 Å². The molecule has 0 spiro atoms. The van der Waals surface area contributed by atoms with Gasteiger partial charge in [-0.2, -0.15) is 13.2 Å². The number of alkyl halides is 3. The van der Waals surface area contributed by atoms with Crippen LogP contribution in [0.15, 0.2) is 21.7 Å². The number of anilines is 1. The zero-order valence-electron chi connectivity index (χ0n) is 7.92. The summed E-state index contributed by atoms with van der Waals surface area (Å²) in [7, 11) is 0. The molecule has 0 amide bonds. The van der Waals surface area contributed by atoms with Gasteiger partial charge >= 0.3 is 5.51 Å². The molecule has 3 nitrogen and oxygen atoms in total. The summed E-state index contributed by atoms with van der Waals surface area (Å²) in [5, 5.41) is 0. The van der Waals surface area contributed by atoms with Gasteiger partial charge in [-0.3, -0.25) is 4.79 Å². The van der Waals surface area contributed by atoms with Gasteiger partial charge in [0.15, 0.2) is 0 Å². The minimum Gasteiger partial charge on any atom is -0.394 e. The highest BCUT2D eigenvalue weighted by Crippen LogP contribution is 2.30. The first-order valence-corrected chi connectivity index (χ1v) is 5.93. The minimum absolute atomic E-state index is 0.00591. The normalized spacial score (nSPS) is 11.8. The van der Waals surface area contributed by atoms with Crippen molar-refractivity contribution in [3.05, 3.63) is 27.1 Å². The molecule has 16 heavy (non-hydrogen) atoms. The smallest absolute Gasteiger partial charge is 0.394 e. The predicted octanol–water partition coefficient (Wildman–Crippen LogP) is 2.45. The number of nitrogen functional groups attached to an aromatic ring is 1. The van der Waals surface area contributed by atoms with Crippen LogP contribution in [-0.2, 0) is 6.54 Å². The molecule has 0 radical (unpaired) electrons. The number of nitrogens with two attached hydrogens (primary N) is 1. The molecule has 90 valence electrons. The van der Waals surface area contributed by atoms with Crippen molar-refractivity contribution in [3.63, 3.8) is 0 Å². The third kappa shape index (κ3) is 4.09. The van der Waals surface area contributed by atoms with Crippen molar-refractivity contribution in [1.29, 1.82) is 0 Å². The Morgan fingerprint density at radius 1 is 1.44 bits per heavy atom. The summed E-state index contributed by atoms with van der Waals surface area (Å²) in [6, 6.07) is 0. The molecule has 1 rings (SSSR count). The van der Waals surface area contributed by atoms with Crippen LogP contribution < -0.4 is 11.2 Å². The molecule has 0 saturated heterocycles. The number of aromatic nitrogens is 1. The zero-order valence-corrected chi connectivity index (χ0v) is 10.3. The topological polar surface area (TPSA) is 48.0 Å². The Kier molecular flexibility index (Phi) is 4.31. The van der Waals surface area contributed by atoms with Gasteiger partial charge in [0, 0.05) is 24.7 Å². The van der Waals surface area contributed by atoms with Crippen molar-refractivity contribution in [3.8, 4) is 0 Å². The van der Waals surface area contributed by atoms with Crippen LogP contribution in [-0.4, -0.2) is 15.8 Å². The molecule has 0 aliphatic heterocycles. The molecule has 0 unspecified atom stereocenters. The fourth-order valence-electron chi connectivity index (χ4n) is 1.01. The van der Waals surface area contributed by atoms with Gasteiger partial charge in [-0.1, -0.05) is 0 Å². The van der Waals surface area contributed by atoms with E-state index in [1.807, 2.05) is 0 Å². The average molecular weight is 317 g/mol. The Morgan fingerprint density at radius 2 is 2.06 bits per heavy atom. The first-order valence-electron chi connectivity index (χ1n) is 4.15. The summed E-state index contributed by atoms with van der Waals surface area (Å²) in [4.78, 5) is 11.2. The number of hydrogen-bond donors (Lipinski definition) is 1. The molecule has 0 aliphatic carbocycles. The SMILES string of the molecule is Nc1cn(CCSC(F)(F)F)cc(Br)c1=O. The quantitative estimate of drug-likeness (QED) is 0.931. The van der Waals surface area contributed by atoms with Gasteiger partial charge in [0.05, 0.1) is 10.2 Å². The molecule has 0 bridgehead atoms. The molecule has 1 heterocycles. The van der Waals surface area contributed by atoms with E-state index >= 15 is 0 Å². The lowest BCUT2D eigenvalue weighted by atomic mass is 10.4. The molecule has 2 N–H and O–H groups in total. The highest BCUT2D eigenvalue weighted by atomic mass is 79.9. The molecule has 0 fully saturated rings. The fraction of sp³-hybridized carbons (Fsp3) is 0.375. The number of hydrogen-bond acceptors (Lipinski definition) is 3. The van der Waals surface area contributed by atoms with E-state index in [0.29, 0.717) is 0 Å². The van der Waals surface area contributed by atoms with Crippen molar-refractivity contribution >= 4 is 33.4 Å². The van der Waals surface area contributed by atoms with Crippen molar-refractivity contribution in [2.75, 3.05) is 11.5 Å². The van der Waals surface area contributed by atoms with E-state index in [9.17, 15) is 18.0 Å². The van der Waals surface area contributed by atoms with E-state index in [0.717, 1.165) is 0 Å². The van der Waals surface area contributed by atoms with Crippen molar-refractivity contribution in [2.45, 2.75) is 12.1 Å². The number of halogens is 4. The molecule has 0 aromatic carbocycles. The number of pyridine rings is 1. The lowest BCUT2D eigenvalue weighted by Gasteiger charge is -2.09. The van der Waals surface area contributed by atoms with Crippen LogP contribution in [0.2, 0.25) is 0 Å². The average Bonchev–Trinajstić information content (AvgIpc) is 2.12. The Balaban J connectivity index is 2.66. The number of aryl methyl sites for hydroxylation is 1. The lowest BCUT2D eigenvalue weighted by molar-refractivity contribution is -0.0328. The summed E-state index contributed by atoms with van der Waals surface area (Å²) in [5.74, 6) is -0.127. The van der Waals surface area contributed by atoms with Crippen LogP contribution in [0.25, 0.3) is 0 Å². The van der Waals surface area contributed by atoms with Gasteiger partial charge in [0.1, 0.15) is 0 Å². The Hall–Kier alpha value is -0.630. The van der Waals surface area contributed by atoms with Crippen molar-refractivity contribution < 1.29 is 13.2 Å². The predicted molar refractivity (Wildman–Crippen MR) is 61.3 cm³/mol. The Labute approximate surface area is 102 Å². The maximum atomic E-state index is 11.9. The maximum absolute atomic E-state index is 11.9. The van der Waals surface area contributed by atoms with E-state index in [1.165, 1.54) is 17.0 Å². The molecular weight excluding hydrogens is 309 g/mol. The van der Waals surface area contributed by atoms with E-state index in [-0.39, 0.29) is 39.6 Å². The van der Waals surface area contributed by atoms with Gasteiger partial charge in [-0.15, -0.1) is 0 Å². The Bertz CT molecular complexity index is 406. The fourth-order valence-corrected chi connectivity index (χ4v) is 2.04. The second-order valence-corrected chi connectivity index (χ2v) is 4.94. The van der Waals surface area contributed by atoms with Crippen LogP contribution in [0.1, 0.15) is 0 Å². The summed E-state index contributed by atoms with van der Waals surface area (Å²) in [5.41, 5.74) is 0.797. The second kappa shape index (κ2) is 5.13. The highest BCUT2D eigenvalue weighted by Gasteiger charge is 2.27. The summed E-state index contributed by atoms with van der Waals surface area (Å²) in [6.45, 7) is 0.132. The summed E-state index contributed by atoms with van der Waals surface area (Å²) in [6.07, 6.45) is 2.74. The third-order valence-corrected chi connectivity index (χ3v) is 2.96. The van der Waals surface area contributed by atoms with Crippen molar-refractivity contribution in [2.24, 2.45) is 0 Å². The van der Waals surface area contributed by atoms with E-state index in [1.54, 1.807) is 0 Å². The molecule has 1 aromatic rings. The third-order valence-electron chi connectivity index (χ3n) is 1.68. The van der Waals surface area contributed by atoms with Gasteiger partial charge < -0.3 is 10.3 Å². The minimum atomic E-state index is -4.23. The second-order valence-electron chi connectivity index (χ2n) is 2.92. The first-order chi connectivity index (χ1) is 7.29. The molecule has 1 aromatic heterocycles. The molecular formula is C8H8BrF3N2OS. The highest BCUT2D eigenvalue weighted by molar-refractivity contribution is 9.10. The van der Waals surface area contributed by atoms with Crippen LogP contribution in [0.5, 0.6) is 0 Å².